The third-order valence-corrected chi connectivity index (χ3v) is 2.16. The van der Waals surface area contributed by atoms with Crippen LogP contribution in [-0.4, -0.2) is 4.98 Å². The van der Waals surface area contributed by atoms with Gasteiger partial charge in [-0.2, -0.15) is 0 Å². The second-order valence-electron chi connectivity index (χ2n) is 1.92. The van der Waals surface area contributed by atoms with Crippen LogP contribution in [0, 0.1) is 0 Å². The summed E-state index contributed by atoms with van der Waals surface area (Å²) in [5.74, 6) is 0. The molecule has 1 aromatic heterocycles. The molecule has 50 valence electrons. The van der Waals surface area contributed by atoms with Gasteiger partial charge in [0.05, 0.1) is 5.51 Å². The fraction of sp³-hybridized carbons (Fsp3) is 0.500. The number of nitrogens with zero attached hydrogens (tertiary/aromatic N) is 1. The summed E-state index contributed by atoms with van der Waals surface area (Å²) in [5, 5.41) is 0. The van der Waals surface area contributed by atoms with Gasteiger partial charge in [-0.15, -0.1) is 11.3 Å². The number of rotatable bonds is 2. The molecule has 1 atom stereocenters. The van der Waals surface area contributed by atoms with E-state index in [4.69, 9.17) is 5.73 Å². The molecular weight excluding hydrogens is 132 g/mol. The summed E-state index contributed by atoms with van der Waals surface area (Å²) in [7, 11) is 0. The molecule has 0 fully saturated rings. The Morgan fingerprint density at radius 3 is 3.11 bits per heavy atom. The van der Waals surface area contributed by atoms with Crippen molar-refractivity contribution in [3.8, 4) is 0 Å². The van der Waals surface area contributed by atoms with Crippen LogP contribution in [0.3, 0.4) is 0 Å². The fourth-order valence-electron chi connectivity index (χ4n) is 0.610. The first kappa shape index (κ1) is 6.71. The van der Waals surface area contributed by atoms with Crippen molar-refractivity contribution in [3.05, 3.63) is 16.6 Å². The highest BCUT2D eigenvalue weighted by molar-refractivity contribution is 7.09. The van der Waals surface area contributed by atoms with Crippen molar-refractivity contribution in [2.75, 3.05) is 0 Å². The first-order chi connectivity index (χ1) is 4.34. The van der Waals surface area contributed by atoms with Gasteiger partial charge < -0.3 is 5.73 Å². The normalized spacial score (nSPS) is 13.6. The highest BCUT2D eigenvalue weighted by Gasteiger charge is 2.02. The van der Waals surface area contributed by atoms with E-state index in [1.807, 2.05) is 11.7 Å². The monoisotopic (exact) mass is 142 g/mol. The molecule has 0 spiro atoms. The van der Waals surface area contributed by atoms with Gasteiger partial charge in [0.1, 0.15) is 0 Å². The summed E-state index contributed by atoms with van der Waals surface area (Å²) in [6.45, 7) is 2.07. The van der Waals surface area contributed by atoms with E-state index in [0.717, 1.165) is 6.42 Å². The lowest BCUT2D eigenvalue weighted by Crippen LogP contribution is -2.05. The number of nitrogens with two attached hydrogens (primary N) is 1. The second-order valence-corrected chi connectivity index (χ2v) is 2.84. The molecule has 0 unspecified atom stereocenters. The Bertz CT molecular complexity index is 160. The summed E-state index contributed by atoms with van der Waals surface area (Å²) >= 11 is 1.62. The summed E-state index contributed by atoms with van der Waals surface area (Å²) in [5.41, 5.74) is 7.52. The van der Waals surface area contributed by atoms with Crippen molar-refractivity contribution in [1.82, 2.24) is 4.98 Å². The molecule has 0 saturated carbocycles. The summed E-state index contributed by atoms with van der Waals surface area (Å²) in [6.07, 6.45) is 2.82. The van der Waals surface area contributed by atoms with E-state index in [1.165, 1.54) is 4.88 Å². The lowest BCUT2D eigenvalue weighted by Gasteiger charge is -2.01. The maximum atomic E-state index is 5.71. The zero-order chi connectivity index (χ0) is 6.69. The minimum absolute atomic E-state index is 0.192. The lowest BCUT2D eigenvalue weighted by atomic mass is 10.2. The molecule has 0 aliphatic rings. The number of aromatic nitrogens is 1. The van der Waals surface area contributed by atoms with Crippen LogP contribution in [0.5, 0.6) is 0 Å². The number of thiazole rings is 1. The van der Waals surface area contributed by atoms with Gasteiger partial charge in [-0.3, -0.25) is 4.98 Å². The van der Waals surface area contributed by atoms with E-state index in [2.05, 4.69) is 11.9 Å². The Morgan fingerprint density at radius 1 is 1.89 bits per heavy atom. The van der Waals surface area contributed by atoms with Crippen LogP contribution in [0.1, 0.15) is 24.3 Å². The zero-order valence-electron chi connectivity index (χ0n) is 5.37. The third kappa shape index (κ3) is 1.50. The van der Waals surface area contributed by atoms with Gasteiger partial charge >= 0.3 is 0 Å². The van der Waals surface area contributed by atoms with Gasteiger partial charge in [0.25, 0.3) is 0 Å². The molecule has 1 heterocycles. The first-order valence-electron chi connectivity index (χ1n) is 2.98. The van der Waals surface area contributed by atoms with Crippen LogP contribution in [0.15, 0.2) is 11.7 Å². The van der Waals surface area contributed by atoms with Crippen molar-refractivity contribution in [2.45, 2.75) is 19.4 Å². The lowest BCUT2D eigenvalue weighted by molar-refractivity contribution is 0.710. The predicted octanol–water partition coefficient (Wildman–Crippen LogP) is 1.55. The Balaban J connectivity index is 2.65. The molecule has 0 amide bonds. The molecule has 1 rings (SSSR count). The van der Waals surface area contributed by atoms with Crippen LogP contribution in [0.25, 0.3) is 0 Å². The Morgan fingerprint density at radius 2 is 2.67 bits per heavy atom. The fourth-order valence-corrected chi connectivity index (χ4v) is 1.32. The van der Waals surface area contributed by atoms with Gasteiger partial charge in [-0.1, -0.05) is 6.92 Å². The minimum Gasteiger partial charge on any atom is -0.323 e. The van der Waals surface area contributed by atoms with E-state index >= 15 is 0 Å². The van der Waals surface area contributed by atoms with Crippen molar-refractivity contribution >= 4 is 11.3 Å². The van der Waals surface area contributed by atoms with Crippen molar-refractivity contribution in [3.63, 3.8) is 0 Å². The van der Waals surface area contributed by atoms with E-state index in [9.17, 15) is 0 Å². The molecule has 0 aliphatic carbocycles. The molecule has 1 aromatic rings. The van der Waals surface area contributed by atoms with E-state index in [1.54, 1.807) is 11.3 Å². The van der Waals surface area contributed by atoms with Crippen molar-refractivity contribution < 1.29 is 0 Å². The molecule has 2 nitrogen and oxygen atoms in total. The largest absolute Gasteiger partial charge is 0.323 e. The van der Waals surface area contributed by atoms with Gasteiger partial charge in [0.15, 0.2) is 0 Å². The van der Waals surface area contributed by atoms with Gasteiger partial charge in [0, 0.05) is 17.1 Å². The predicted molar refractivity (Wildman–Crippen MR) is 39.3 cm³/mol. The summed E-state index contributed by atoms with van der Waals surface area (Å²) in [4.78, 5) is 5.11. The van der Waals surface area contributed by atoms with E-state index < -0.39 is 0 Å². The molecule has 0 saturated heterocycles. The van der Waals surface area contributed by atoms with E-state index in [-0.39, 0.29) is 6.04 Å². The van der Waals surface area contributed by atoms with Crippen molar-refractivity contribution in [1.29, 1.82) is 0 Å². The molecule has 0 radical (unpaired) electrons. The Hall–Kier alpha value is -0.410. The molecule has 9 heavy (non-hydrogen) atoms. The second kappa shape index (κ2) is 2.94. The average Bonchev–Trinajstić information content (AvgIpc) is 2.37. The quantitative estimate of drug-likeness (QED) is 0.680. The first-order valence-corrected chi connectivity index (χ1v) is 3.86. The molecule has 3 heteroatoms. The number of hydrogen-bond donors (Lipinski definition) is 1. The summed E-state index contributed by atoms with van der Waals surface area (Å²) < 4.78 is 0. The van der Waals surface area contributed by atoms with E-state index in [0.29, 0.717) is 0 Å². The highest BCUT2D eigenvalue weighted by Crippen LogP contribution is 2.16. The zero-order valence-corrected chi connectivity index (χ0v) is 6.19. The Labute approximate surface area is 58.7 Å². The topological polar surface area (TPSA) is 38.9 Å². The SMILES string of the molecule is CC[C@H](N)c1cncs1. The molecule has 0 aliphatic heterocycles. The summed E-state index contributed by atoms with van der Waals surface area (Å²) in [6, 6.07) is 0.192. The standard InChI is InChI=1S/C6H10N2S/c1-2-5(7)6-3-8-4-9-6/h3-5H,2,7H2,1H3/t5-/m0/s1. The van der Waals surface area contributed by atoms with Crippen LogP contribution < -0.4 is 5.73 Å². The maximum absolute atomic E-state index is 5.71. The van der Waals surface area contributed by atoms with Gasteiger partial charge in [-0.25, -0.2) is 0 Å². The average molecular weight is 142 g/mol. The van der Waals surface area contributed by atoms with Crippen LogP contribution in [0.2, 0.25) is 0 Å². The maximum Gasteiger partial charge on any atom is 0.0794 e. The van der Waals surface area contributed by atoms with Crippen LogP contribution in [0.4, 0.5) is 0 Å². The smallest absolute Gasteiger partial charge is 0.0794 e. The highest BCUT2D eigenvalue weighted by atomic mass is 32.1. The van der Waals surface area contributed by atoms with Crippen molar-refractivity contribution in [2.24, 2.45) is 5.73 Å². The minimum atomic E-state index is 0.192. The molecule has 0 bridgehead atoms. The van der Waals surface area contributed by atoms with Gasteiger partial charge in [0.2, 0.25) is 0 Å². The van der Waals surface area contributed by atoms with Crippen LogP contribution >= 0.6 is 11.3 Å². The third-order valence-electron chi connectivity index (χ3n) is 1.26. The number of hydrogen-bond acceptors (Lipinski definition) is 3. The Kier molecular flexibility index (Phi) is 2.19. The molecule has 2 N–H and O–H groups in total. The molecular formula is C6H10N2S. The van der Waals surface area contributed by atoms with Gasteiger partial charge in [-0.05, 0) is 6.42 Å². The van der Waals surface area contributed by atoms with Crippen LogP contribution in [-0.2, 0) is 0 Å². The molecule has 0 aromatic carbocycles.